The van der Waals surface area contributed by atoms with Crippen molar-refractivity contribution in [1.82, 2.24) is 14.7 Å². The van der Waals surface area contributed by atoms with Gasteiger partial charge in [0, 0.05) is 17.1 Å². The first kappa shape index (κ1) is 15.5. The Bertz CT molecular complexity index is 1000. The van der Waals surface area contributed by atoms with E-state index in [0.717, 1.165) is 22.0 Å². The van der Waals surface area contributed by atoms with Crippen LogP contribution in [0, 0.1) is 0 Å². The number of amides is 1. The summed E-state index contributed by atoms with van der Waals surface area (Å²) in [4.78, 5) is 17.8. The number of carbonyl (C=O) groups excluding carboxylic acids is 1. The molecule has 7 heteroatoms. The summed E-state index contributed by atoms with van der Waals surface area (Å²) >= 11 is 1.43. The first-order chi connectivity index (χ1) is 12.2. The van der Waals surface area contributed by atoms with E-state index in [9.17, 15) is 4.79 Å². The van der Waals surface area contributed by atoms with Gasteiger partial charge in [-0.05, 0) is 36.4 Å². The number of hydrogen-bond acceptors (Lipinski definition) is 5. The van der Waals surface area contributed by atoms with Crippen LogP contribution in [-0.2, 0) is 6.54 Å². The van der Waals surface area contributed by atoms with Crippen LogP contribution in [0.2, 0.25) is 0 Å². The third kappa shape index (κ3) is 3.01. The van der Waals surface area contributed by atoms with Crippen molar-refractivity contribution >= 4 is 22.2 Å². The number of carbonyl (C=O) groups is 1. The Hall–Kier alpha value is -3.06. The summed E-state index contributed by atoms with van der Waals surface area (Å²) in [5.74, 6) is 1.34. The lowest BCUT2D eigenvalue weighted by Crippen LogP contribution is -2.23. The molecule has 0 fully saturated rings. The Morgan fingerprint density at radius 1 is 1.32 bits per heavy atom. The van der Waals surface area contributed by atoms with Crippen LogP contribution >= 0.6 is 11.3 Å². The maximum Gasteiger partial charge on any atom is 0.269 e. The third-order valence-electron chi connectivity index (χ3n) is 3.83. The van der Waals surface area contributed by atoms with Crippen LogP contribution in [0.4, 0.5) is 0 Å². The Balaban J connectivity index is 1.58. The Morgan fingerprint density at radius 2 is 2.16 bits per heavy atom. The fourth-order valence-corrected chi connectivity index (χ4v) is 3.37. The molecule has 0 aliphatic heterocycles. The fraction of sp³-hybridized carbons (Fsp3) is 0.111. The van der Waals surface area contributed by atoms with Crippen LogP contribution in [0.5, 0.6) is 5.75 Å². The van der Waals surface area contributed by atoms with Crippen molar-refractivity contribution in [2.45, 2.75) is 6.54 Å². The van der Waals surface area contributed by atoms with Gasteiger partial charge in [0.1, 0.15) is 17.2 Å². The summed E-state index contributed by atoms with van der Waals surface area (Å²) in [7, 11) is 1.63. The molecule has 1 N–H and O–H groups in total. The molecule has 0 radical (unpaired) electrons. The number of methoxy groups -OCH3 is 1. The molecule has 126 valence electrons. The van der Waals surface area contributed by atoms with Gasteiger partial charge in [-0.15, -0.1) is 11.3 Å². The van der Waals surface area contributed by atoms with Crippen LogP contribution in [0.25, 0.3) is 16.2 Å². The van der Waals surface area contributed by atoms with E-state index >= 15 is 0 Å². The number of fused-ring (bicyclic) bond motifs is 1. The number of aromatic nitrogens is 2. The normalized spacial score (nSPS) is 10.9. The minimum atomic E-state index is -0.165. The number of benzene rings is 1. The second-order valence-electron chi connectivity index (χ2n) is 5.39. The van der Waals surface area contributed by atoms with Gasteiger partial charge in [-0.2, -0.15) is 0 Å². The van der Waals surface area contributed by atoms with E-state index < -0.39 is 0 Å². The second kappa shape index (κ2) is 6.45. The Labute approximate surface area is 147 Å². The van der Waals surface area contributed by atoms with E-state index in [1.54, 1.807) is 24.8 Å². The molecule has 1 aromatic carbocycles. The van der Waals surface area contributed by atoms with Gasteiger partial charge in [0.2, 0.25) is 0 Å². The minimum absolute atomic E-state index is 0.165. The van der Waals surface area contributed by atoms with Crippen molar-refractivity contribution in [2.24, 2.45) is 0 Å². The van der Waals surface area contributed by atoms with Gasteiger partial charge < -0.3 is 14.5 Å². The number of imidazole rings is 1. The quantitative estimate of drug-likeness (QED) is 0.595. The zero-order valence-electron chi connectivity index (χ0n) is 13.4. The summed E-state index contributed by atoms with van der Waals surface area (Å²) < 4.78 is 12.2. The van der Waals surface area contributed by atoms with Crippen LogP contribution in [0.3, 0.4) is 0 Å². The second-order valence-corrected chi connectivity index (χ2v) is 6.23. The van der Waals surface area contributed by atoms with Crippen molar-refractivity contribution in [3.05, 3.63) is 65.7 Å². The van der Waals surface area contributed by atoms with E-state index in [0.29, 0.717) is 18.0 Å². The zero-order valence-corrected chi connectivity index (χ0v) is 14.2. The predicted octanol–water partition coefficient (Wildman–Crippen LogP) is 3.59. The molecule has 0 atom stereocenters. The monoisotopic (exact) mass is 353 g/mol. The van der Waals surface area contributed by atoms with Gasteiger partial charge in [0.25, 0.3) is 5.91 Å². The van der Waals surface area contributed by atoms with Gasteiger partial charge in [-0.25, -0.2) is 4.98 Å². The van der Waals surface area contributed by atoms with E-state index in [-0.39, 0.29) is 5.91 Å². The number of nitrogens with one attached hydrogen (secondary N) is 1. The molecule has 0 spiro atoms. The highest BCUT2D eigenvalue weighted by molar-refractivity contribution is 7.15. The van der Waals surface area contributed by atoms with Gasteiger partial charge in [0.15, 0.2) is 4.96 Å². The van der Waals surface area contributed by atoms with Gasteiger partial charge in [0.05, 0.1) is 25.6 Å². The Morgan fingerprint density at radius 3 is 2.88 bits per heavy atom. The van der Waals surface area contributed by atoms with Crippen LogP contribution in [-0.4, -0.2) is 22.4 Å². The molecule has 4 aromatic rings. The molecule has 0 aliphatic rings. The molecule has 0 saturated heterocycles. The smallest absolute Gasteiger partial charge is 0.269 e. The molecule has 3 heterocycles. The lowest BCUT2D eigenvalue weighted by molar-refractivity contribution is 0.0942. The van der Waals surface area contributed by atoms with Crippen molar-refractivity contribution in [3.8, 4) is 17.0 Å². The highest BCUT2D eigenvalue weighted by Crippen LogP contribution is 2.25. The number of rotatable bonds is 5. The third-order valence-corrected chi connectivity index (χ3v) is 4.67. The molecule has 0 saturated carbocycles. The van der Waals surface area contributed by atoms with E-state index in [1.165, 1.54) is 11.3 Å². The topological polar surface area (TPSA) is 68.8 Å². The average molecular weight is 353 g/mol. The Kier molecular flexibility index (Phi) is 3.99. The molecule has 0 bridgehead atoms. The minimum Gasteiger partial charge on any atom is -0.497 e. The van der Waals surface area contributed by atoms with Crippen LogP contribution < -0.4 is 10.1 Å². The molecule has 1 amide bonds. The standard InChI is InChI=1S/C18H15N3O3S/c1-23-13-6-4-12(5-7-13)15-10-21-16(11-25-18(21)20-15)17(22)19-9-14-3-2-8-24-14/h2-8,10-11H,9H2,1H3,(H,19,22). The molecule has 6 nitrogen and oxygen atoms in total. The van der Waals surface area contributed by atoms with E-state index in [2.05, 4.69) is 10.3 Å². The fourth-order valence-electron chi connectivity index (χ4n) is 2.52. The van der Waals surface area contributed by atoms with E-state index in [1.807, 2.05) is 40.9 Å². The molecule has 3 aromatic heterocycles. The van der Waals surface area contributed by atoms with Crippen molar-refractivity contribution in [1.29, 1.82) is 0 Å². The predicted molar refractivity (Wildman–Crippen MR) is 94.9 cm³/mol. The molecule has 0 aliphatic carbocycles. The molecule has 0 unspecified atom stereocenters. The van der Waals surface area contributed by atoms with Crippen molar-refractivity contribution in [2.75, 3.05) is 7.11 Å². The van der Waals surface area contributed by atoms with Gasteiger partial charge >= 0.3 is 0 Å². The zero-order chi connectivity index (χ0) is 17.2. The molecule has 25 heavy (non-hydrogen) atoms. The first-order valence-electron chi connectivity index (χ1n) is 7.66. The number of nitrogens with zero attached hydrogens (tertiary/aromatic N) is 2. The maximum absolute atomic E-state index is 12.4. The number of ether oxygens (including phenoxy) is 1. The summed E-state index contributed by atoms with van der Waals surface area (Å²) in [6.07, 6.45) is 3.46. The molecule has 4 rings (SSSR count). The molecular weight excluding hydrogens is 338 g/mol. The van der Waals surface area contributed by atoms with Crippen molar-refractivity contribution in [3.63, 3.8) is 0 Å². The maximum atomic E-state index is 12.4. The summed E-state index contributed by atoms with van der Waals surface area (Å²) in [5, 5.41) is 4.66. The summed E-state index contributed by atoms with van der Waals surface area (Å²) in [6.45, 7) is 0.350. The van der Waals surface area contributed by atoms with Crippen LogP contribution in [0.1, 0.15) is 16.2 Å². The lowest BCUT2D eigenvalue weighted by atomic mass is 10.2. The highest BCUT2D eigenvalue weighted by Gasteiger charge is 2.15. The number of thiazole rings is 1. The number of furan rings is 1. The first-order valence-corrected chi connectivity index (χ1v) is 8.54. The van der Waals surface area contributed by atoms with Crippen LogP contribution in [0.15, 0.2) is 58.7 Å². The van der Waals surface area contributed by atoms with E-state index in [4.69, 9.17) is 9.15 Å². The van der Waals surface area contributed by atoms with Gasteiger partial charge in [-0.1, -0.05) is 0 Å². The SMILES string of the molecule is COc1ccc(-c2cn3c(C(=O)NCc4ccco4)csc3n2)cc1. The summed E-state index contributed by atoms with van der Waals surface area (Å²) in [6, 6.07) is 11.3. The highest BCUT2D eigenvalue weighted by atomic mass is 32.1. The lowest BCUT2D eigenvalue weighted by Gasteiger charge is -2.02. The summed E-state index contributed by atoms with van der Waals surface area (Å²) in [5.41, 5.74) is 2.34. The van der Waals surface area contributed by atoms with Gasteiger partial charge in [-0.3, -0.25) is 9.20 Å². The average Bonchev–Trinajstić information content (AvgIpc) is 3.36. The number of hydrogen-bond donors (Lipinski definition) is 1. The molecular formula is C18H15N3O3S. The largest absolute Gasteiger partial charge is 0.497 e. The van der Waals surface area contributed by atoms with Crippen molar-refractivity contribution < 1.29 is 13.9 Å².